The summed E-state index contributed by atoms with van der Waals surface area (Å²) in [4.78, 5) is 2.01. The summed E-state index contributed by atoms with van der Waals surface area (Å²) in [6.45, 7) is 1.26. The molecule has 2 nitrogen and oxygen atoms in total. The Morgan fingerprint density at radius 2 is 1.61 bits per heavy atom. The lowest BCUT2D eigenvalue weighted by atomic mass is 9.94. The van der Waals surface area contributed by atoms with E-state index in [2.05, 4.69) is 0 Å². The van der Waals surface area contributed by atoms with Gasteiger partial charge in [0, 0.05) is 12.6 Å². The van der Waals surface area contributed by atoms with Gasteiger partial charge >= 0.3 is 12.4 Å². The highest BCUT2D eigenvalue weighted by molar-refractivity contribution is 5.30. The van der Waals surface area contributed by atoms with Crippen LogP contribution in [0, 0.1) is 5.92 Å². The number of hydrogen-bond donors (Lipinski definition) is 1. The number of halogens is 6. The Kier molecular flexibility index (Phi) is 4.96. The number of alkyl halides is 6. The molecule has 0 spiro atoms. The molecule has 130 valence electrons. The number of nitrogens with zero attached hydrogens (tertiary/aromatic N) is 1. The van der Waals surface area contributed by atoms with Crippen molar-refractivity contribution in [2.75, 3.05) is 20.1 Å². The summed E-state index contributed by atoms with van der Waals surface area (Å²) >= 11 is 0. The van der Waals surface area contributed by atoms with Gasteiger partial charge in [-0.15, -0.1) is 0 Å². The van der Waals surface area contributed by atoms with Crippen molar-refractivity contribution in [1.82, 2.24) is 4.90 Å². The van der Waals surface area contributed by atoms with Crippen molar-refractivity contribution in [2.24, 2.45) is 11.7 Å². The lowest BCUT2D eigenvalue weighted by molar-refractivity contribution is -0.253. The third-order valence-electron chi connectivity index (χ3n) is 4.28. The topological polar surface area (TPSA) is 29.3 Å². The summed E-state index contributed by atoms with van der Waals surface area (Å²) < 4.78 is 76.3. The molecule has 1 aromatic rings. The van der Waals surface area contributed by atoms with Crippen molar-refractivity contribution in [3.8, 4) is 0 Å². The molecular weight excluding hydrogens is 322 g/mol. The minimum absolute atomic E-state index is 0.0344. The molecule has 1 fully saturated rings. The number of nitrogens with two attached hydrogens (primary N) is 1. The maximum absolute atomic E-state index is 12.7. The highest BCUT2D eigenvalue weighted by Crippen LogP contribution is 2.46. The van der Waals surface area contributed by atoms with Crippen molar-refractivity contribution in [1.29, 1.82) is 0 Å². The molecule has 0 amide bonds. The Hall–Kier alpha value is -1.28. The van der Waals surface area contributed by atoms with E-state index in [1.54, 1.807) is 0 Å². The predicted molar refractivity (Wildman–Crippen MR) is 73.8 cm³/mol. The van der Waals surface area contributed by atoms with Crippen molar-refractivity contribution < 1.29 is 26.3 Å². The maximum Gasteiger partial charge on any atom is 0.404 e. The summed E-state index contributed by atoms with van der Waals surface area (Å²) in [5.74, 6) is -3.18. The summed E-state index contributed by atoms with van der Waals surface area (Å²) in [6, 6.07) is 4.50. The molecule has 1 aromatic carbocycles. The van der Waals surface area contributed by atoms with Crippen LogP contribution in [0.1, 0.15) is 29.5 Å². The van der Waals surface area contributed by atoms with Crippen LogP contribution in [0.3, 0.4) is 0 Å². The van der Waals surface area contributed by atoms with Crippen LogP contribution in [-0.4, -0.2) is 37.4 Å². The summed E-state index contributed by atoms with van der Waals surface area (Å²) in [6.07, 6.45) is -9.99. The standard InChI is InChI=1S/C15H18F6N2/c1-23-8-9(7-22)6-12(23)10-2-4-11(5-3-10)13(14(16,17)18)15(19,20)21/h2-5,9,12-13H,6-8,22H2,1H3. The third kappa shape index (κ3) is 3.98. The molecule has 2 rings (SSSR count). The largest absolute Gasteiger partial charge is 0.404 e. The predicted octanol–water partition coefficient (Wildman–Crippen LogP) is 3.85. The molecule has 1 aliphatic rings. The zero-order chi connectivity index (χ0) is 17.4. The molecule has 0 aliphatic carbocycles. The molecule has 1 saturated heterocycles. The van der Waals surface area contributed by atoms with Gasteiger partial charge in [-0.1, -0.05) is 24.3 Å². The normalized spacial score (nSPS) is 23.7. The molecule has 0 saturated carbocycles. The fourth-order valence-corrected chi connectivity index (χ4v) is 3.14. The maximum atomic E-state index is 12.7. The molecule has 8 heteroatoms. The Morgan fingerprint density at radius 3 is 2.00 bits per heavy atom. The highest BCUT2D eigenvalue weighted by atomic mass is 19.4. The number of rotatable bonds is 3. The summed E-state index contributed by atoms with van der Waals surface area (Å²) in [5.41, 5.74) is 5.54. The van der Waals surface area contributed by atoms with Crippen molar-refractivity contribution in [2.45, 2.75) is 30.7 Å². The fraction of sp³-hybridized carbons (Fsp3) is 0.600. The van der Waals surface area contributed by atoms with Crippen LogP contribution < -0.4 is 5.73 Å². The Bertz CT molecular complexity index is 508. The van der Waals surface area contributed by atoms with E-state index in [0.717, 1.165) is 25.1 Å². The first-order valence-corrected chi connectivity index (χ1v) is 7.17. The minimum atomic E-state index is -5.37. The van der Waals surface area contributed by atoms with Gasteiger partial charge in [-0.25, -0.2) is 0 Å². The van der Waals surface area contributed by atoms with Crippen LogP contribution in [0.15, 0.2) is 24.3 Å². The smallest absolute Gasteiger partial charge is 0.330 e. The fourth-order valence-electron chi connectivity index (χ4n) is 3.14. The SMILES string of the molecule is CN1CC(CN)CC1c1ccc(C(C(F)(F)F)C(F)(F)F)cc1. The van der Waals surface area contributed by atoms with Gasteiger partial charge in [-0.2, -0.15) is 26.3 Å². The van der Waals surface area contributed by atoms with E-state index in [1.165, 1.54) is 12.1 Å². The zero-order valence-electron chi connectivity index (χ0n) is 12.5. The first kappa shape index (κ1) is 18.1. The van der Waals surface area contributed by atoms with Gasteiger partial charge in [0.05, 0.1) is 0 Å². The van der Waals surface area contributed by atoms with Crippen molar-refractivity contribution in [3.05, 3.63) is 35.4 Å². The molecule has 0 radical (unpaired) electrons. The lowest BCUT2D eigenvalue weighted by Gasteiger charge is -2.24. The number of benzene rings is 1. The second-order valence-electron chi connectivity index (χ2n) is 5.98. The van der Waals surface area contributed by atoms with E-state index in [9.17, 15) is 26.3 Å². The van der Waals surface area contributed by atoms with E-state index >= 15 is 0 Å². The number of likely N-dealkylation sites (tertiary alicyclic amines) is 1. The molecule has 0 aromatic heterocycles. The van der Waals surface area contributed by atoms with Gasteiger partial charge in [0.1, 0.15) is 0 Å². The van der Waals surface area contributed by atoms with Gasteiger partial charge in [-0.05, 0) is 37.1 Å². The van der Waals surface area contributed by atoms with Crippen LogP contribution in [-0.2, 0) is 0 Å². The first-order chi connectivity index (χ1) is 10.5. The summed E-state index contributed by atoms with van der Waals surface area (Å²) in [7, 11) is 1.86. The van der Waals surface area contributed by atoms with Crippen LogP contribution in [0.25, 0.3) is 0 Å². The van der Waals surface area contributed by atoms with Crippen LogP contribution in [0.4, 0.5) is 26.3 Å². The van der Waals surface area contributed by atoms with Crippen LogP contribution in [0.5, 0.6) is 0 Å². The van der Waals surface area contributed by atoms with Crippen molar-refractivity contribution in [3.63, 3.8) is 0 Å². The van der Waals surface area contributed by atoms with E-state index in [-0.39, 0.29) is 12.0 Å². The zero-order valence-corrected chi connectivity index (χ0v) is 12.5. The molecule has 2 unspecified atom stereocenters. The lowest BCUT2D eigenvalue weighted by Crippen LogP contribution is -2.34. The molecule has 1 aliphatic heterocycles. The average molecular weight is 340 g/mol. The van der Waals surface area contributed by atoms with E-state index in [0.29, 0.717) is 12.1 Å². The quantitative estimate of drug-likeness (QED) is 0.847. The Morgan fingerprint density at radius 1 is 1.09 bits per heavy atom. The Labute approximate surface area is 130 Å². The molecule has 23 heavy (non-hydrogen) atoms. The molecule has 0 bridgehead atoms. The van der Waals surface area contributed by atoms with Crippen molar-refractivity contribution >= 4 is 0 Å². The van der Waals surface area contributed by atoms with E-state index < -0.39 is 23.8 Å². The van der Waals surface area contributed by atoms with Gasteiger partial charge in [0.25, 0.3) is 0 Å². The van der Waals surface area contributed by atoms with E-state index in [1.807, 2.05) is 11.9 Å². The summed E-state index contributed by atoms with van der Waals surface area (Å²) in [5, 5.41) is 0. The molecule has 1 heterocycles. The monoisotopic (exact) mass is 340 g/mol. The highest BCUT2D eigenvalue weighted by Gasteiger charge is 2.57. The second-order valence-corrected chi connectivity index (χ2v) is 5.98. The minimum Gasteiger partial charge on any atom is -0.330 e. The second kappa shape index (κ2) is 6.32. The Balaban J connectivity index is 2.25. The van der Waals surface area contributed by atoms with Gasteiger partial charge < -0.3 is 5.73 Å². The van der Waals surface area contributed by atoms with Gasteiger partial charge in [0.15, 0.2) is 5.92 Å². The molecular formula is C15H18F6N2. The van der Waals surface area contributed by atoms with E-state index in [4.69, 9.17) is 5.73 Å². The van der Waals surface area contributed by atoms with Crippen LogP contribution in [0.2, 0.25) is 0 Å². The van der Waals surface area contributed by atoms with Gasteiger partial charge in [-0.3, -0.25) is 4.90 Å². The number of hydrogen-bond acceptors (Lipinski definition) is 2. The average Bonchev–Trinajstić information content (AvgIpc) is 2.78. The van der Waals surface area contributed by atoms with Crippen LogP contribution >= 0.6 is 0 Å². The molecule has 2 atom stereocenters. The first-order valence-electron chi connectivity index (χ1n) is 7.17. The van der Waals surface area contributed by atoms with Gasteiger partial charge in [0.2, 0.25) is 0 Å². The molecule has 2 N–H and O–H groups in total. The third-order valence-corrected chi connectivity index (χ3v) is 4.28.